The van der Waals surface area contributed by atoms with Crippen molar-refractivity contribution in [3.8, 4) is 5.75 Å². The lowest BCUT2D eigenvalue weighted by Crippen LogP contribution is -2.24. The number of carbonyl (C=O) groups is 2. The number of halogens is 2. The zero-order chi connectivity index (χ0) is 22.9. The quantitative estimate of drug-likeness (QED) is 0.264. The second-order valence-corrected chi connectivity index (χ2v) is 7.77. The lowest BCUT2D eigenvalue weighted by Gasteiger charge is -2.09. The van der Waals surface area contributed by atoms with E-state index in [2.05, 4.69) is 15.8 Å². The highest BCUT2D eigenvalue weighted by Gasteiger charge is 2.10. The van der Waals surface area contributed by atoms with Gasteiger partial charge in [0.25, 0.3) is 0 Å². The first kappa shape index (κ1) is 23.3. The normalized spacial score (nSPS) is 10.7. The molecular weight excluding hydrogens is 449 g/mol. The molecule has 0 spiro atoms. The number of amides is 2. The molecule has 3 aromatic carbocycles. The molecular formula is C24H21Cl2N3O3. The molecule has 2 N–H and O–H groups in total. The summed E-state index contributed by atoms with van der Waals surface area (Å²) in [5.74, 6) is -0.432. The number of para-hydroxylation sites is 1. The van der Waals surface area contributed by atoms with E-state index in [0.29, 0.717) is 33.7 Å². The van der Waals surface area contributed by atoms with Crippen molar-refractivity contribution in [2.24, 2.45) is 5.10 Å². The van der Waals surface area contributed by atoms with Crippen molar-refractivity contribution in [3.05, 3.63) is 93.5 Å². The molecule has 0 bridgehead atoms. The Balaban J connectivity index is 1.51. The predicted octanol–water partition coefficient (Wildman–Crippen LogP) is 5.36. The van der Waals surface area contributed by atoms with E-state index >= 15 is 0 Å². The van der Waals surface area contributed by atoms with Crippen molar-refractivity contribution in [3.63, 3.8) is 0 Å². The minimum Gasteiger partial charge on any atom is -0.488 e. The van der Waals surface area contributed by atoms with Crippen LogP contribution < -0.4 is 15.5 Å². The van der Waals surface area contributed by atoms with Gasteiger partial charge >= 0.3 is 0 Å². The van der Waals surface area contributed by atoms with E-state index in [1.807, 2.05) is 55.5 Å². The van der Waals surface area contributed by atoms with Gasteiger partial charge < -0.3 is 10.1 Å². The first-order valence-electron chi connectivity index (χ1n) is 9.75. The molecule has 0 saturated carbocycles. The lowest BCUT2D eigenvalue weighted by atomic mass is 10.1. The molecule has 0 atom stereocenters. The topological polar surface area (TPSA) is 79.8 Å². The Morgan fingerprint density at radius 1 is 0.969 bits per heavy atom. The Morgan fingerprint density at radius 3 is 2.47 bits per heavy atom. The fourth-order valence-electron chi connectivity index (χ4n) is 2.70. The van der Waals surface area contributed by atoms with Gasteiger partial charge in [-0.05, 0) is 42.8 Å². The van der Waals surface area contributed by atoms with Crippen molar-refractivity contribution in [2.75, 3.05) is 5.32 Å². The van der Waals surface area contributed by atoms with Gasteiger partial charge in [0, 0.05) is 11.3 Å². The number of carbonyl (C=O) groups excluding carboxylic acids is 2. The SMILES string of the molecule is Cc1ccc(COc2ccccc2C=NNC(=O)CC(=O)Nc2ccc(Cl)c(Cl)c2)cc1. The number of hydrogen-bond acceptors (Lipinski definition) is 4. The minimum atomic E-state index is -0.558. The number of hydrogen-bond donors (Lipinski definition) is 2. The molecule has 0 aromatic heterocycles. The first-order valence-corrected chi connectivity index (χ1v) is 10.5. The predicted molar refractivity (Wildman–Crippen MR) is 127 cm³/mol. The summed E-state index contributed by atoms with van der Waals surface area (Å²) in [6.45, 7) is 2.44. The molecule has 8 heteroatoms. The van der Waals surface area contributed by atoms with Crippen LogP contribution in [0.25, 0.3) is 0 Å². The maximum Gasteiger partial charge on any atom is 0.249 e. The molecule has 32 heavy (non-hydrogen) atoms. The van der Waals surface area contributed by atoms with E-state index in [1.54, 1.807) is 12.1 Å². The van der Waals surface area contributed by atoms with Crippen LogP contribution in [0.1, 0.15) is 23.1 Å². The van der Waals surface area contributed by atoms with Gasteiger partial charge in [0.05, 0.1) is 16.3 Å². The molecule has 0 aliphatic carbocycles. The van der Waals surface area contributed by atoms with Crippen molar-refractivity contribution in [2.45, 2.75) is 20.0 Å². The molecule has 2 amide bonds. The van der Waals surface area contributed by atoms with E-state index in [0.717, 1.165) is 5.56 Å². The van der Waals surface area contributed by atoms with Crippen LogP contribution in [0.15, 0.2) is 71.8 Å². The maximum atomic E-state index is 12.0. The fraction of sp³-hybridized carbons (Fsp3) is 0.125. The van der Waals surface area contributed by atoms with Crippen molar-refractivity contribution >= 4 is 46.9 Å². The molecule has 3 rings (SSSR count). The van der Waals surface area contributed by atoms with Gasteiger partial charge in [0.2, 0.25) is 11.8 Å². The number of hydrazone groups is 1. The summed E-state index contributed by atoms with van der Waals surface area (Å²) in [5.41, 5.74) is 5.71. The van der Waals surface area contributed by atoms with Crippen molar-refractivity contribution < 1.29 is 14.3 Å². The largest absolute Gasteiger partial charge is 0.488 e. The van der Waals surface area contributed by atoms with E-state index in [9.17, 15) is 9.59 Å². The van der Waals surface area contributed by atoms with Crippen molar-refractivity contribution in [1.29, 1.82) is 0 Å². The fourth-order valence-corrected chi connectivity index (χ4v) is 3.00. The van der Waals surface area contributed by atoms with E-state index in [4.69, 9.17) is 27.9 Å². The van der Waals surface area contributed by atoms with Gasteiger partial charge in [-0.15, -0.1) is 0 Å². The summed E-state index contributed by atoms with van der Waals surface area (Å²) < 4.78 is 5.88. The van der Waals surface area contributed by atoms with E-state index in [1.165, 1.54) is 17.8 Å². The second kappa shape index (κ2) is 11.3. The highest BCUT2D eigenvalue weighted by Crippen LogP contribution is 2.25. The Bertz CT molecular complexity index is 1130. The number of ether oxygens (including phenoxy) is 1. The zero-order valence-corrected chi connectivity index (χ0v) is 18.8. The molecule has 0 aliphatic rings. The molecule has 164 valence electrons. The summed E-state index contributed by atoms with van der Waals surface area (Å²) in [7, 11) is 0. The zero-order valence-electron chi connectivity index (χ0n) is 17.3. The molecule has 0 heterocycles. The standard InChI is InChI=1S/C24H21Cl2N3O3/c1-16-6-8-17(9-7-16)15-32-22-5-3-2-4-18(22)14-27-29-24(31)13-23(30)28-19-10-11-20(25)21(26)12-19/h2-12,14H,13,15H2,1H3,(H,28,30)(H,29,31). The Labute approximate surface area is 196 Å². The number of benzene rings is 3. The number of nitrogens with zero attached hydrogens (tertiary/aromatic N) is 1. The first-order chi connectivity index (χ1) is 15.4. The highest BCUT2D eigenvalue weighted by atomic mass is 35.5. The number of rotatable bonds is 8. The third kappa shape index (κ3) is 7.11. The third-order valence-corrected chi connectivity index (χ3v) is 5.09. The number of anilines is 1. The molecule has 0 unspecified atom stereocenters. The smallest absolute Gasteiger partial charge is 0.249 e. The Morgan fingerprint density at radius 2 is 1.72 bits per heavy atom. The molecule has 0 saturated heterocycles. The summed E-state index contributed by atoms with van der Waals surface area (Å²) in [6, 6.07) is 20.1. The van der Waals surface area contributed by atoms with Gasteiger partial charge in [0.1, 0.15) is 18.8 Å². The van der Waals surface area contributed by atoms with Crippen LogP contribution in [0.5, 0.6) is 5.75 Å². The van der Waals surface area contributed by atoms with Crippen LogP contribution >= 0.6 is 23.2 Å². The number of aryl methyl sites for hydroxylation is 1. The molecule has 0 aliphatic heterocycles. The average molecular weight is 470 g/mol. The van der Waals surface area contributed by atoms with Crippen molar-refractivity contribution in [1.82, 2.24) is 5.43 Å². The van der Waals surface area contributed by atoms with Crippen LogP contribution in [0.3, 0.4) is 0 Å². The summed E-state index contributed by atoms with van der Waals surface area (Å²) in [5, 5.41) is 7.19. The van der Waals surface area contributed by atoms with Crippen LogP contribution in [-0.2, 0) is 16.2 Å². The van der Waals surface area contributed by atoms with Crippen LogP contribution in [-0.4, -0.2) is 18.0 Å². The molecule has 0 fully saturated rings. The molecule has 3 aromatic rings. The van der Waals surface area contributed by atoms with Gasteiger partial charge in [-0.2, -0.15) is 5.10 Å². The molecule has 0 radical (unpaired) electrons. The number of nitrogens with one attached hydrogen (secondary N) is 2. The monoisotopic (exact) mass is 469 g/mol. The van der Waals surface area contributed by atoms with Crippen LogP contribution in [0.4, 0.5) is 5.69 Å². The van der Waals surface area contributed by atoms with Gasteiger partial charge in [-0.25, -0.2) is 5.43 Å². The van der Waals surface area contributed by atoms with Gasteiger partial charge in [-0.1, -0.05) is 65.2 Å². The van der Waals surface area contributed by atoms with Gasteiger partial charge in [-0.3, -0.25) is 9.59 Å². The Hall–Kier alpha value is -3.35. The molecule has 6 nitrogen and oxygen atoms in total. The summed E-state index contributed by atoms with van der Waals surface area (Å²) in [6.07, 6.45) is 1.07. The van der Waals surface area contributed by atoms with Gasteiger partial charge in [0.15, 0.2) is 0 Å². The maximum absolute atomic E-state index is 12.0. The third-order valence-electron chi connectivity index (χ3n) is 4.35. The van der Waals surface area contributed by atoms with Crippen LogP contribution in [0, 0.1) is 6.92 Å². The van der Waals surface area contributed by atoms with Crippen LogP contribution in [0.2, 0.25) is 10.0 Å². The average Bonchev–Trinajstić information content (AvgIpc) is 2.76. The lowest BCUT2D eigenvalue weighted by molar-refractivity contribution is -0.126. The minimum absolute atomic E-state index is 0.307. The Kier molecular flexibility index (Phi) is 8.25. The summed E-state index contributed by atoms with van der Waals surface area (Å²) in [4.78, 5) is 24.0. The second-order valence-electron chi connectivity index (χ2n) is 6.96. The van der Waals surface area contributed by atoms with E-state index in [-0.39, 0.29) is 0 Å². The highest BCUT2D eigenvalue weighted by molar-refractivity contribution is 6.42. The van der Waals surface area contributed by atoms with E-state index < -0.39 is 18.2 Å². The summed E-state index contributed by atoms with van der Waals surface area (Å²) >= 11 is 11.8.